The zero-order chi connectivity index (χ0) is 38.5. The maximum Gasteiger partial charge on any atom is 0.323 e. The Morgan fingerprint density at radius 1 is 1.08 bits per heavy atom. The number of nitrogens with zero attached hydrogens (tertiary/aromatic N) is 2. The van der Waals surface area contributed by atoms with Gasteiger partial charge in [0.15, 0.2) is 12.1 Å². The molecule has 0 saturated carbocycles. The Balaban J connectivity index is 1.55. The van der Waals surface area contributed by atoms with Gasteiger partial charge >= 0.3 is 11.9 Å². The van der Waals surface area contributed by atoms with E-state index in [1.807, 2.05) is 0 Å². The molecule has 1 fully saturated rings. The number of carboxylic acid groups (broad SMARTS) is 1. The molecule has 282 valence electrons. The molecule has 1 unspecified atom stereocenters. The van der Waals surface area contributed by atoms with Gasteiger partial charge in [0.25, 0.3) is 0 Å². The lowest BCUT2D eigenvalue weighted by atomic mass is 10.1. The lowest BCUT2D eigenvalue weighted by molar-refractivity contribution is -0.149. The maximum absolute atomic E-state index is 14.7. The van der Waals surface area contributed by atoms with Gasteiger partial charge in [0, 0.05) is 41.7 Å². The van der Waals surface area contributed by atoms with Crippen LogP contribution in [0.25, 0.3) is 10.9 Å². The number of aliphatic carboxylic acids is 1. The second-order valence-corrected chi connectivity index (χ2v) is 15.4. The van der Waals surface area contributed by atoms with E-state index in [4.69, 9.17) is 21.1 Å². The number of hydrogen-bond donors (Lipinski definition) is 4. The van der Waals surface area contributed by atoms with Crippen LogP contribution >= 0.6 is 19.0 Å². The smallest absolute Gasteiger partial charge is 0.323 e. The molecule has 4 rings (SSSR count). The third-order valence-corrected chi connectivity index (χ3v) is 10.6. The topological polar surface area (TPSA) is 185 Å². The van der Waals surface area contributed by atoms with Crippen LogP contribution in [-0.2, 0) is 41.6 Å². The van der Waals surface area contributed by atoms with Crippen molar-refractivity contribution in [2.45, 2.75) is 84.5 Å². The van der Waals surface area contributed by atoms with Gasteiger partial charge in [-0.25, -0.2) is 19.0 Å². The molecule has 14 nitrogen and oxygen atoms in total. The molecule has 0 radical (unpaired) electrons. The fourth-order valence-electron chi connectivity index (χ4n) is 5.65. The van der Waals surface area contributed by atoms with E-state index in [1.165, 1.54) is 61.9 Å². The Labute approximate surface area is 303 Å². The quantitative estimate of drug-likeness (QED) is 0.0920. The Morgan fingerprint density at radius 3 is 2.42 bits per heavy atom. The minimum Gasteiger partial charge on any atom is -0.483 e. The number of esters is 1. The van der Waals surface area contributed by atoms with Crippen LogP contribution in [0.15, 0.2) is 42.6 Å². The number of aromatic nitrogens is 1. The van der Waals surface area contributed by atoms with Crippen LogP contribution in [0.4, 0.5) is 8.78 Å². The number of carbonyl (C=O) groups excluding carboxylic acids is 4. The summed E-state index contributed by atoms with van der Waals surface area (Å²) in [6.45, 7) is 6.30. The van der Waals surface area contributed by atoms with Gasteiger partial charge < -0.3 is 29.4 Å². The standard InChI is InChI=1S/C34H41ClF2N5O9P/c1-18(2)51-34(48)20(4)40-52(49,39-19(3)33(46)47)17-50-24-9-10-25-26(21(5)43)15-41(28(25)12-24)16-30(44)42-14-23(36)11-29(42)32(45)38-13-22-7-6-8-27(35)31(22)37/h6-10,12,15,18-20,23,29H,11,13-14,16-17H2,1-5H3,(H,38,45)(H,46,47)(H2,39,40,49)/t19-,20-,23+,29-,52?/m0/s1. The molecular formula is C34H41ClF2N5O9P. The van der Waals surface area contributed by atoms with Gasteiger partial charge in [-0.3, -0.25) is 28.5 Å². The van der Waals surface area contributed by atoms with Crippen molar-refractivity contribution in [2.24, 2.45) is 0 Å². The number of benzene rings is 2. The van der Waals surface area contributed by atoms with E-state index in [1.54, 1.807) is 19.9 Å². The minimum atomic E-state index is -3.95. The molecule has 5 atom stereocenters. The van der Waals surface area contributed by atoms with Gasteiger partial charge in [-0.05, 0) is 52.8 Å². The summed E-state index contributed by atoms with van der Waals surface area (Å²) >= 11 is 5.82. The number of rotatable bonds is 16. The number of carboxylic acids is 1. The Bertz CT molecular complexity index is 1910. The Morgan fingerprint density at radius 2 is 1.77 bits per heavy atom. The second-order valence-electron chi connectivity index (χ2n) is 12.8. The zero-order valence-electron chi connectivity index (χ0n) is 29.2. The van der Waals surface area contributed by atoms with Crippen molar-refractivity contribution in [3.63, 3.8) is 0 Å². The average Bonchev–Trinajstić information content (AvgIpc) is 3.64. The molecule has 18 heteroatoms. The van der Waals surface area contributed by atoms with E-state index in [2.05, 4.69) is 15.5 Å². The van der Waals surface area contributed by atoms with E-state index in [0.717, 1.165) is 4.90 Å². The zero-order valence-corrected chi connectivity index (χ0v) is 30.8. The largest absolute Gasteiger partial charge is 0.483 e. The number of alkyl halides is 1. The van der Waals surface area contributed by atoms with E-state index >= 15 is 0 Å². The number of nitrogens with one attached hydrogen (secondary N) is 3. The molecule has 3 aromatic rings. The monoisotopic (exact) mass is 767 g/mol. The number of hydrogen-bond acceptors (Lipinski definition) is 8. The Kier molecular flexibility index (Phi) is 13.2. The highest BCUT2D eigenvalue weighted by Gasteiger charge is 2.40. The molecule has 52 heavy (non-hydrogen) atoms. The first-order valence-electron chi connectivity index (χ1n) is 16.4. The van der Waals surface area contributed by atoms with Crippen LogP contribution in [0.1, 0.15) is 57.0 Å². The first kappa shape index (κ1) is 40.4. The van der Waals surface area contributed by atoms with Gasteiger partial charge in [-0.15, -0.1) is 0 Å². The van der Waals surface area contributed by atoms with Crippen LogP contribution in [0.3, 0.4) is 0 Å². The summed E-state index contributed by atoms with van der Waals surface area (Å²) < 4.78 is 55.3. The number of halogens is 3. The molecule has 4 N–H and O–H groups in total. The fourth-order valence-corrected chi connectivity index (χ4v) is 7.86. The van der Waals surface area contributed by atoms with Crippen molar-refractivity contribution in [2.75, 3.05) is 12.9 Å². The number of fused-ring (bicyclic) bond motifs is 1. The molecule has 0 spiro atoms. The van der Waals surface area contributed by atoms with E-state index in [9.17, 15) is 42.4 Å². The molecule has 1 saturated heterocycles. The molecule has 1 aromatic heterocycles. The van der Waals surface area contributed by atoms with Crippen LogP contribution in [0, 0.1) is 5.82 Å². The van der Waals surface area contributed by atoms with Crippen molar-refractivity contribution in [1.29, 1.82) is 0 Å². The summed E-state index contributed by atoms with van der Waals surface area (Å²) in [4.78, 5) is 64.3. The third kappa shape index (κ3) is 9.94. The number of ketones is 1. The van der Waals surface area contributed by atoms with Gasteiger partial charge in [0.1, 0.15) is 42.4 Å². The van der Waals surface area contributed by atoms with Gasteiger partial charge in [0.2, 0.25) is 19.3 Å². The molecular weight excluding hydrogens is 727 g/mol. The summed E-state index contributed by atoms with van der Waals surface area (Å²) in [6.07, 6.45) is -1.39. The highest BCUT2D eigenvalue weighted by molar-refractivity contribution is 7.59. The van der Waals surface area contributed by atoms with Crippen LogP contribution in [0.2, 0.25) is 5.02 Å². The van der Waals surface area contributed by atoms with Gasteiger partial charge in [-0.1, -0.05) is 23.7 Å². The summed E-state index contributed by atoms with van der Waals surface area (Å²) in [5, 5.41) is 17.4. The van der Waals surface area contributed by atoms with Crippen molar-refractivity contribution in [3.8, 4) is 5.75 Å². The normalized spacial score (nSPS) is 18.1. The van der Waals surface area contributed by atoms with Crippen molar-refractivity contribution < 1.29 is 51.9 Å². The summed E-state index contributed by atoms with van der Waals surface area (Å²) in [5.41, 5.74) is 0.719. The van der Waals surface area contributed by atoms with Crippen LogP contribution in [-0.4, -0.2) is 87.4 Å². The van der Waals surface area contributed by atoms with Crippen molar-refractivity contribution in [3.05, 3.63) is 64.6 Å². The van der Waals surface area contributed by atoms with Crippen molar-refractivity contribution >= 4 is 59.5 Å². The number of ether oxygens (including phenoxy) is 2. The SMILES string of the molecule is CC(=O)c1cn(CC(=O)N2C[C@H](F)C[C@H]2C(=O)NCc2cccc(Cl)c2F)c2cc(OCP(=O)(N[C@@H](C)C(=O)O)N[C@@H](C)C(=O)OC(C)C)ccc12. The summed E-state index contributed by atoms with van der Waals surface area (Å²) in [5.74, 6) is -4.23. The van der Waals surface area contributed by atoms with Crippen LogP contribution in [0.5, 0.6) is 5.75 Å². The number of carbonyl (C=O) groups is 5. The molecule has 2 heterocycles. The molecule has 1 aliphatic heterocycles. The number of Topliss-reactive ketones (excluding diaryl/α,β-unsaturated/α-hetero) is 1. The fraction of sp³-hybridized carbons (Fsp3) is 0.441. The first-order chi connectivity index (χ1) is 24.4. The lowest BCUT2D eigenvalue weighted by Gasteiger charge is -2.26. The second kappa shape index (κ2) is 17.0. The van der Waals surface area contributed by atoms with Gasteiger partial charge in [-0.2, -0.15) is 0 Å². The summed E-state index contributed by atoms with van der Waals surface area (Å²) in [7, 11) is -3.95. The third-order valence-electron chi connectivity index (χ3n) is 8.19. The minimum absolute atomic E-state index is 0.115. The van der Waals surface area contributed by atoms with Gasteiger partial charge in [0.05, 0.1) is 23.2 Å². The predicted octanol–water partition coefficient (Wildman–Crippen LogP) is 4.41. The first-order valence-corrected chi connectivity index (χ1v) is 18.6. The average molecular weight is 768 g/mol. The highest BCUT2D eigenvalue weighted by atomic mass is 35.5. The maximum atomic E-state index is 14.7. The number of likely N-dealkylation sites (tertiary alicyclic amines) is 1. The molecule has 2 aromatic carbocycles. The lowest BCUT2D eigenvalue weighted by Crippen LogP contribution is -2.46. The predicted molar refractivity (Wildman–Crippen MR) is 187 cm³/mol. The highest BCUT2D eigenvalue weighted by Crippen LogP contribution is 2.39. The molecule has 0 aliphatic carbocycles. The van der Waals surface area contributed by atoms with E-state index in [-0.39, 0.29) is 47.2 Å². The molecule has 0 bridgehead atoms. The molecule has 2 amide bonds. The van der Waals surface area contributed by atoms with E-state index < -0.39 is 80.3 Å². The molecule has 1 aliphatic rings. The van der Waals surface area contributed by atoms with E-state index in [0.29, 0.717) is 10.9 Å². The summed E-state index contributed by atoms with van der Waals surface area (Å²) in [6, 6.07) is 5.24. The van der Waals surface area contributed by atoms with Crippen LogP contribution < -0.4 is 20.2 Å². The Hall–Kier alpha value is -4.37. The number of amides is 2. The van der Waals surface area contributed by atoms with Crippen molar-refractivity contribution in [1.82, 2.24) is 25.0 Å².